The molecule has 0 spiro atoms. The molecule has 5 nitrogen and oxygen atoms in total. The second-order valence-electron chi connectivity index (χ2n) is 2.29. The second-order valence-corrected chi connectivity index (χ2v) is 2.29. The minimum absolute atomic E-state index is 0.207. The summed E-state index contributed by atoms with van der Waals surface area (Å²) in [6, 6.07) is 0. The molecule has 14 heavy (non-hydrogen) atoms. The van der Waals surface area contributed by atoms with E-state index in [1.807, 2.05) is 0 Å². The Balaban J connectivity index is 2.52. The fourth-order valence-electron chi connectivity index (χ4n) is 0.621. The number of halogens is 3. The van der Waals surface area contributed by atoms with E-state index in [9.17, 15) is 13.2 Å². The highest BCUT2D eigenvalue weighted by atomic mass is 19.4. The lowest BCUT2D eigenvalue weighted by Gasteiger charge is -2.07. The van der Waals surface area contributed by atoms with E-state index < -0.39 is 12.8 Å². The van der Waals surface area contributed by atoms with Crippen LogP contribution in [0.1, 0.15) is 0 Å². The van der Waals surface area contributed by atoms with Crippen LogP contribution in [0.25, 0.3) is 0 Å². The molecule has 0 aliphatic heterocycles. The zero-order valence-corrected chi connectivity index (χ0v) is 6.88. The van der Waals surface area contributed by atoms with Gasteiger partial charge in [-0.3, -0.25) is 0 Å². The number of hydrogen-bond acceptors (Lipinski definition) is 5. The van der Waals surface area contributed by atoms with Gasteiger partial charge in [-0.05, 0) is 0 Å². The van der Waals surface area contributed by atoms with Crippen LogP contribution in [-0.4, -0.2) is 22.8 Å². The number of hydrazine groups is 1. The van der Waals surface area contributed by atoms with Crippen molar-refractivity contribution in [3.05, 3.63) is 12.4 Å². The first-order chi connectivity index (χ1) is 6.51. The predicted molar refractivity (Wildman–Crippen MR) is 41.4 cm³/mol. The van der Waals surface area contributed by atoms with Gasteiger partial charge in [0.2, 0.25) is 5.88 Å². The van der Waals surface area contributed by atoms with Crippen LogP contribution < -0.4 is 16.0 Å². The van der Waals surface area contributed by atoms with Gasteiger partial charge in [0, 0.05) is 0 Å². The van der Waals surface area contributed by atoms with Crippen molar-refractivity contribution in [1.82, 2.24) is 9.97 Å². The van der Waals surface area contributed by atoms with E-state index in [1.54, 1.807) is 0 Å². The molecule has 0 aliphatic rings. The Bertz CT molecular complexity index is 286. The van der Waals surface area contributed by atoms with Gasteiger partial charge in [0.25, 0.3) is 0 Å². The fourth-order valence-corrected chi connectivity index (χ4v) is 0.621. The van der Waals surface area contributed by atoms with Crippen molar-refractivity contribution in [2.24, 2.45) is 5.84 Å². The topological polar surface area (TPSA) is 73.1 Å². The molecule has 0 aromatic carbocycles. The molecular formula is C6H7F3N4O. The number of nitrogens with one attached hydrogen (secondary N) is 1. The molecule has 0 radical (unpaired) electrons. The Kier molecular flexibility index (Phi) is 3.07. The molecule has 3 N–H and O–H groups in total. The van der Waals surface area contributed by atoms with Crippen molar-refractivity contribution in [2.75, 3.05) is 12.0 Å². The Morgan fingerprint density at radius 2 is 2.07 bits per heavy atom. The van der Waals surface area contributed by atoms with Crippen molar-refractivity contribution in [3.8, 4) is 5.88 Å². The van der Waals surface area contributed by atoms with Crippen molar-refractivity contribution in [1.29, 1.82) is 0 Å². The number of aromatic nitrogens is 2. The summed E-state index contributed by atoms with van der Waals surface area (Å²) < 4.78 is 39.3. The van der Waals surface area contributed by atoms with Gasteiger partial charge < -0.3 is 10.2 Å². The predicted octanol–water partition coefficient (Wildman–Crippen LogP) is 0.703. The summed E-state index contributed by atoms with van der Waals surface area (Å²) >= 11 is 0. The molecule has 0 atom stereocenters. The summed E-state index contributed by atoms with van der Waals surface area (Å²) in [6.07, 6.45) is -2.18. The lowest BCUT2D eigenvalue weighted by molar-refractivity contribution is -0.154. The molecule has 0 saturated carbocycles. The van der Waals surface area contributed by atoms with E-state index in [0.717, 1.165) is 12.4 Å². The average molecular weight is 208 g/mol. The number of nitrogen functional groups attached to an aromatic ring is 1. The SMILES string of the molecule is NNc1cnc(OCC(F)(F)F)cn1. The zero-order chi connectivity index (χ0) is 10.6. The molecule has 0 aliphatic carbocycles. The quantitative estimate of drug-likeness (QED) is 0.565. The molecule has 0 bridgehead atoms. The van der Waals surface area contributed by atoms with Crippen LogP contribution in [0.5, 0.6) is 5.88 Å². The highest BCUT2D eigenvalue weighted by molar-refractivity contribution is 5.29. The van der Waals surface area contributed by atoms with E-state index >= 15 is 0 Å². The second kappa shape index (κ2) is 4.09. The van der Waals surface area contributed by atoms with Gasteiger partial charge in [0.05, 0.1) is 12.4 Å². The molecule has 1 aromatic heterocycles. The van der Waals surface area contributed by atoms with Crippen LogP contribution >= 0.6 is 0 Å². The first kappa shape index (κ1) is 10.5. The van der Waals surface area contributed by atoms with Crippen LogP contribution in [0.3, 0.4) is 0 Å². The van der Waals surface area contributed by atoms with Crippen LogP contribution in [0, 0.1) is 0 Å². The van der Waals surface area contributed by atoms with E-state index in [1.165, 1.54) is 0 Å². The smallest absolute Gasteiger partial charge is 0.422 e. The number of hydrogen-bond donors (Lipinski definition) is 2. The molecule has 1 heterocycles. The van der Waals surface area contributed by atoms with Gasteiger partial charge in [-0.2, -0.15) is 13.2 Å². The van der Waals surface area contributed by atoms with Crippen molar-refractivity contribution >= 4 is 5.82 Å². The van der Waals surface area contributed by atoms with E-state index in [-0.39, 0.29) is 11.7 Å². The van der Waals surface area contributed by atoms with Gasteiger partial charge in [-0.1, -0.05) is 0 Å². The number of nitrogens with zero attached hydrogens (tertiary/aromatic N) is 2. The third kappa shape index (κ3) is 3.44. The van der Waals surface area contributed by atoms with Crippen molar-refractivity contribution < 1.29 is 17.9 Å². The van der Waals surface area contributed by atoms with Gasteiger partial charge in [0.15, 0.2) is 12.4 Å². The Morgan fingerprint density at radius 3 is 2.50 bits per heavy atom. The van der Waals surface area contributed by atoms with Gasteiger partial charge >= 0.3 is 6.18 Å². The molecule has 0 saturated heterocycles. The number of alkyl halides is 3. The summed E-state index contributed by atoms with van der Waals surface area (Å²) in [5.41, 5.74) is 2.18. The number of nitrogens with two attached hydrogens (primary N) is 1. The number of rotatable bonds is 3. The number of anilines is 1. The highest BCUT2D eigenvalue weighted by Crippen LogP contribution is 2.16. The molecule has 0 amide bonds. The van der Waals surface area contributed by atoms with Crippen molar-refractivity contribution in [3.63, 3.8) is 0 Å². The first-order valence-corrected chi connectivity index (χ1v) is 3.49. The maximum absolute atomic E-state index is 11.7. The lowest BCUT2D eigenvalue weighted by Crippen LogP contribution is -2.19. The van der Waals surface area contributed by atoms with E-state index in [2.05, 4.69) is 20.1 Å². The first-order valence-electron chi connectivity index (χ1n) is 3.49. The summed E-state index contributed by atoms with van der Waals surface area (Å²) in [6.45, 7) is -1.39. The van der Waals surface area contributed by atoms with Gasteiger partial charge in [-0.15, -0.1) is 0 Å². The monoisotopic (exact) mass is 208 g/mol. The Labute approximate surface area is 77.1 Å². The summed E-state index contributed by atoms with van der Waals surface area (Å²) in [7, 11) is 0. The lowest BCUT2D eigenvalue weighted by atomic mass is 10.6. The van der Waals surface area contributed by atoms with Crippen LogP contribution in [-0.2, 0) is 0 Å². The normalized spacial score (nSPS) is 11.1. The average Bonchev–Trinajstić information content (AvgIpc) is 2.14. The maximum atomic E-state index is 11.7. The standard InChI is InChI=1S/C6H7F3N4O/c7-6(8,9)3-14-5-2-11-4(13-10)1-12-5/h1-2H,3,10H2,(H,11,13). The summed E-state index contributed by atoms with van der Waals surface area (Å²) in [5.74, 6) is 5.00. The largest absolute Gasteiger partial charge is 0.467 e. The molecule has 0 unspecified atom stereocenters. The third-order valence-electron chi connectivity index (χ3n) is 1.16. The molecular weight excluding hydrogens is 201 g/mol. The van der Waals surface area contributed by atoms with Crippen LogP contribution in [0.2, 0.25) is 0 Å². The minimum atomic E-state index is -4.38. The molecule has 0 fully saturated rings. The van der Waals surface area contributed by atoms with E-state index in [0.29, 0.717) is 0 Å². The van der Waals surface area contributed by atoms with Crippen LogP contribution in [0.4, 0.5) is 19.0 Å². The van der Waals surface area contributed by atoms with Crippen molar-refractivity contribution in [2.45, 2.75) is 6.18 Å². The summed E-state index contributed by atoms with van der Waals surface area (Å²) in [4.78, 5) is 7.13. The van der Waals surface area contributed by atoms with Crippen LogP contribution in [0.15, 0.2) is 12.4 Å². The molecule has 1 rings (SSSR count). The van der Waals surface area contributed by atoms with Gasteiger partial charge in [0.1, 0.15) is 0 Å². The molecule has 8 heteroatoms. The highest BCUT2D eigenvalue weighted by Gasteiger charge is 2.28. The molecule has 78 valence electrons. The minimum Gasteiger partial charge on any atom is -0.467 e. The summed E-state index contributed by atoms with van der Waals surface area (Å²) in [5, 5.41) is 0. The van der Waals surface area contributed by atoms with Gasteiger partial charge in [-0.25, -0.2) is 15.8 Å². The maximum Gasteiger partial charge on any atom is 0.422 e. The van der Waals surface area contributed by atoms with E-state index in [4.69, 9.17) is 5.84 Å². The molecule has 1 aromatic rings. The zero-order valence-electron chi connectivity index (χ0n) is 6.88. The Hall–Kier alpha value is -1.57. The third-order valence-corrected chi connectivity index (χ3v) is 1.16. The Morgan fingerprint density at radius 1 is 1.36 bits per heavy atom. The fraction of sp³-hybridized carbons (Fsp3) is 0.333. The number of ether oxygens (including phenoxy) is 1.